The fourth-order valence-corrected chi connectivity index (χ4v) is 4.84. The van der Waals surface area contributed by atoms with Crippen molar-refractivity contribution in [3.63, 3.8) is 0 Å². The summed E-state index contributed by atoms with van der Waals surface area (Å²) in [6, 6.07) is 12.3. The molecule has 1 aromatic heterocycles. The topological polar surface area (TPSA) is 108 Å². The second-order valence-corrected chi connectivity index (χ2v) is 9.29. The molecule has 30 heavy (non-hydrogen) atoms. The maximum Gasteiger partial charge on any atom is 0.309 e. The van der Waals surface area contributed by atoms with Gasteiger partial charge in [-0.25, -0.2) is 8.42 Å². The second-order valence-electron chi connectivity index (χ2n) is 7.35. The minimum absolute atomic E-state index is 0.119. The lowest BCUT2D eigenvalue weighted by Gasteiger charge is -2.31. The molecule has 1 aliphatic heterocycles. The van der Waals surface area contributed by atoms with Crippen LogP contribution in [0.3, 0.4) is 0 Å². The lowest BCUT2D eigenvalue weighted by Crippen LogP contribution is -2.45. The van der Waals surface area contributed by atoms with Crippen LogP contribution in [-0.4, -0.2) is 49.2 Å². The molecule has 2 aromatic rings. The van der Waals surface area contributed by atoms with Crippen molar-refractivity contribution in [1.82, 2.24) is 19.9 Å². The number of aromatic nitrogens is 1. The summed E-state index contributed by atoms with van der Waals surface area (Å²) < 4.78 is 26.7. The number of sulfonamides is 1. The summed E-state index contributed by atoms with van der Waals surface area (Å²) in [4.78, 5) is 28.3. The predicted molar refractivity (Wildman–Crippen MR) is 112 cm³/mol. The maximum atomic E-state index is 12.6. The highest BCUT2D eigenvalue weighted by Gasteiger charge is 2.30. The van der Waals surface area contributed by atoms with Crippen molar-refractivity contribution in [2.24, 2.45) is 5.92 Å². The number of hydrogen-bond acceptors (Lipinski definition) is 5. The highest BCUT2D eigenvalue weighted by molar-refractivity contribution is 7.89. The first-order valence-electron chi connectivity index (χ1n) is 9.91. The van der Waals surface area contributed by atoms with E-state index >= 15 is 0 Å². The Bertz CT molecular complexity index is 959. The third-order valence-electron chi connectivity index (χ3n) is 5.25. The van der Waals surface area contributed by atoms with Crippen LogP contribution in [0, 0.1) is 5.92 Å². The van der Waals surface area contributed by atoms with Gasteiger partial charge in [0.25, 0.3) is 0 Å². The molecule has 0 unspecified atom stereocenters. The van der Waals surface area contributed by atoms with Gasteiger partial charge in [-0.2, -0.15) is 4.31 Å². The highest BCUT2D eigenvalue weighted by Crippen LogP contribution is 2.23. The van der Waals surface area contributed by atoms with Gasteiger partial charge in [0.1, 0.15) is 4.90 Å². The highest BCUT2D eigenvalue weighted by atomic mass is 32.2. The van der Waals surface area contributed by atoms with Crippen LogP contribution in [-0.2, 0) is 19.6 Å². The molecule has 0 radical (unpaired) electrons. The number of rotatable bonds is 6. The lowest BCUT2D eigenvalue weighted by atomic mass is 9.98. The Balaban J connectivity index is 1.44. The summed E-state index contributed by atoms with van der Waals surface area (Å²) in [6.45, 7) is 2.90. The first kappa shape index (κ1) is 21.9. The fourth-order valence-electron chi connectivity index (χ4n) is 3.41. The molecule has 2 amide bonds. The van der Waals surface area contributed by atoms with Gasteiger partial charge in [0.05, 0.1) is 6.04 Å². The normalized spacial score (nSPS) is 16.6. The third-order valence-corrected chi connectivity index (χ3v) is 7.13. The van der Waals surface area contributed by atoms with Crippen molar-refractivity contribution < 1.29 is 18.0 Å². The van der Waals surface area contributed by atoms with Crippen LogP contribution in [0.25, 0.3) is 0 Å². The van der Waals surface area contributed by atoms with Crippen molar-refractivity contribution in [3.05, 3.63) is 60.4 Å². The molecule has 2 heterocycles. The molecule has 1 aromatic carbocycles. The Morgan fingerprint density at radius 1 is 1.10 bits per heavy atom. The summed E-state index contributed by atoms with van der Waals surface area (Å²) >= 11 is 0. The number of pyridine rings is 1. The van der Waals surface area contributed by atoms with Gasteiger partial charge in [-0.1, -0.05) is 30.3 Å². The van der Waals surface area contributed by atoms with E-state index in [2.05, 4.69) is 15.6 Å². The van der Waals surface area contributed by atoms with E-state index in [0.717, 1.165) is 5.56 Å². The Kier molecular flexibility index (Phi) is 7.17. The number of hydrogen-bond donors (Lipinski definition) is 2. The molecule has 1 atom stereocenters. The van der Waals surface area contributed by atoms with Gasteiger partial charge in [-0.3, -0.25) is 14.6 Å². The van der Waals surface area contributed by atoms with Crippen molar-refractivity contribution in [2.45, 2.75) is 30.7 Å². The average molecular weight is 431 g/mol. The summed E-state index contributed by atoms with van der Waals surface area (Å²) in [5, 5.41) is 5.35. The molecule has 8 nitrogen and oxygen atoms in total. The van der Waals surface area contributed by atoms with Crippen LogP contribution in [0.5, 0.6) is 0 Å². The molecule has 3 rings (SSSR count). The quantitative estimate of drug-likeness (QED) is 0.675. The Hall–Kier alpha value is -2.78. The van der Waals surface area contributed by atoms with E-state index in [4.69, 9.17) is 0 Å². The van der Waals surface area contributed by atoms with Gasteiger partial charge in [-0.15, -0.1) is 0 Å². The lowest BCUT2D eigenvalue weighted by molar-refractivity contribution is -0.139. The van der Waals surface area contributed by atoms with Crippen LogP contribution in [0.4, 0.5) is 0 Å². The van der Waals surface area contributed by atoms with Crippen LogP contribution in [0.15, 0.2) is 59.8 Å². The van der Waals surface area contributed by atoms with Gasteiger partial charge in [0.15, 0.2) is 0 Å². The Morgan fingerprint density at radius 3 is 2.43 bits per heavy atom. The predicted octanol–water partition coefficient (Wildman–Crippen LogP) is 1.48. The molecule has 0 aliphatic carbocycles. The van der Waals surface area contributed by atoms with Gasteiger partial charge in [0, 0.05) is 32.0 Å². The Labute approximate surface area is 176 Å². The van der Waals surface area contributed by atoms with Crippen molar-refractivity contribution in [2.75, 3.05) is 19.6 Å². The van der Waals surface area contributed by atoms with E-state index in [1.165, 1.54) is 22.8 Å². The Morgan fingerprint density at radius 2 is 1.80 bits per heavy atom. The van der Waals surface area contributed by atoms with E-state index in [9.17, 15) is 18.0 Å². The van der Waals surface area contributed by atoms with E-state index in [1.54, 1.807) is 6.07 Å². The molecule has 0 spiro atoms. The molecule has 9 heteroatoms. The molecule has 0 bridgehead atoms. The zero-order chi connectivity index (χ0) is 21.6. The number of carbonyl (C=O) groups excluding carboxylic acids is 2. The molecule has 2 N–H and O–H groups in total. The minimum Gasteiger partial charge on any atom is -0.348 e. The van der Waals surface area contributed by atoms with Crippen LogP contribution in [0.1, 0.15) is 31.4 Å². The number of nitrogens with one attached hydrogen (secondary N) is 2. The summed E-state index contributed by atoms with van der Waals surface area (Å²) in [5.41, 5.74) is 0.917. The van der Waals surface area contributed by atoms with E-state index in [0.29, 0.717) is 32.5 Å². The molecule has 1 fully saturated rings. The van der Waals surface area contributed by atoms with Gasteiger partial charge >= 0.3 is 11.8 Å². The third kappa shape index (κ3) is 5.43. The van der Waals surface area contributed by atoms with Crippen LogP contribution < -0.4 is 10.6 Å². The standard InChI is InChI=1S/C21H26N4O4S/c1-16(18-6-3-2-4-7-18)24-21(27)20(26)23-14-17-9-12-25(13-10-17)30(28,29)19-8-5-11-22-15-19/h2-8,11,15-17H,9-10,12-14H2,1H3,(H,23,26)(H,24,27)/t16-/m1/s1. The number of nitrogens with zero attached hydrogens (tertiary/aromatic N) is 2. The summed E-state index contributed by atoms with van der Waals surface area (Å²) in [6.07, 6.45) is 4.10. The fraction of sp³-hybridized carbons (Fsp3) is 0.381. The van der Waals surface area contributed by atoms with Crippen molar-refractivity contribution in [3.8, 4) is 0 Å². The van der Waals surface area contributed by atoms with Gasteiger partial charge in [0.2, 0.25) is 10.0 Å². The summed E-state index contributed by atoms with van der Waals surface area (Å²) in [7, 11) is -3.55. The number of carbonyl (C=O) groups is 2. The minimum atomic E-state index is -3.55. The molecule has 1 aliphatic rings. The van der Waals surface area contributed by atoms with Crippen molar-refractivity contribution >= 4 is 21.8 Å². The molecular weight excluding hydrogens is 404 g/mol. The number of benzene rings is 1. The first-order chi connectivity index (χ1) is 14.4. The second kappa shape index (κ2) is 9.82. The van der Waals surface area contributed by atoms with Crippen molar-refractivity contribution in [1.29, 1.82) is 0 Å². The number of piperidine rings is 1. The number of amides is 2. The molecular formula is C21H26N4O4S. The smallest absolute Gasteiger partial charge is 0.309 e. The largest absolute Gasteiger partial charge is 0.348 e. The maximum absolute atomic E-state index is 12.6. The summed E-state index contributed by atoms with van der Waals surface area (Å²) in [5.74, 6) is -1.24. The van der Waals surface area contributed by atoms with Gasteiger partial charge < -0.3 is 10.6 Å². The van der Waals surface area contributed by atoms with E-state index < -0.39 is 21.8 Å². The monoisotopic (exact) mass is 430 g/mol. The van der Waals surface area contributed by atoms with Crippen LogP contribution >= 0.6 is 0 Å². The molecule has 160 valence electrons. The zero-order valence-electron chi connectivity index (χ0n) is 16.8. The molecule has 0 saturated carbocycles. The van der Waals surface area contributed by atoms with E-state index in [-0.39, 0.29) is 16.9 Å². The zero-order valence-corrected chi connectivity index (χ0v) is 17.6. The van der Waals surface area contributed by atoms with E-state index in [1.807, 2.05) is 37.3 Å². The van der Waals surface area contributed by atoms with Crippen LogP contribution in [0.2, 0.25) is 0 Å². The van der Waals surface area contributed by atoms with Gasteiger partial charge in [-0.05, 0) is 43.4 Å². The first-order valence-corrected chi connectivity index (χ1v) is 11.4. The molecule has 1 saturated heterocycles. The SMILES string of the molecule is C[C@@H](NC(=O)C(=O)NCC1CCN(S(=O)(=O)c2cccnc2)CC1)c1ccccc1. The average Bonchev–Trinajstić information content (AvgIpc) is 2.78.